The third-order valence-electron chi connectivity index (χ3n) is 15.9. The van der Waals surface area contributed by atoms with E-state index in [4.69, 9.17) is 32.3 Å². The summed E-state index contributed by atoms with van der Waals surface area (Å²) >= 11 is 0. The van der Waals surface area contributed by atoms with Gasteiger partial charge in [0.15, 0.2) is 6.10 Å². The number of rotatable bonds is 72. The maximum atomic E-state index is 12.9. The van der Waals surface area contributed by atoms with Crippen molar-refractivity contribution in [1.82, 2.24) is 0 Å². The van der Waals surface area contributed by atoms with Gasteiger partial charge in [0.05, 0.1) is 26.4 Å². The predicted molar refractivity (Wildman–Crippen MR) is 399 cm³/mol. The van der Waals surface area contributed by atoms with Crippen LogP contribution in [0.4, 0.5) is 0 Å². The fourth-order valence-corrected chi connectivity index (χ4v) is 11.6. The molecular formula is C79H138O16P2. The number of hydrogen-bond donors (Lipinski definition) is 4. The van der Waals surface area contributed by atoms with Crippen molar-refractivity contribution in [3.8, 4) is 0 Å². The molecule has 0 saturated heterocycles. The molecule has 4 N–H and O–H groups in total. The third kappa shape index (κ3) is 73.3. The van der Waals surface area contributed by atoms with Crippen molar-refractivity contribution in [2.75, 3.05) is 39.6 Å². The summed E-state index contributed by atoms with van der Waals surface area (Å²) < 4.78 is 61.1. The summed E-state index contributed by atoms with van der Waals surface area (Å²) in [5, 5.41) is 20.6. The van der Waals surface area contributed by atoms with Gasteiger partial charge in [-0.3, -0.25) is 32.5 Å². The summed E-state index contributed by atoms with van der Waals surface area (Å²) in [6.45, 7) is 2.58. The van der Waals surface area contributed by atoms with Gasteiger partial charge in [-0.15, -0.1) is 0 Å². The number of aliphatic hydroxyl groups is 2. The predicted octanol–water partition coefficient (Wildman–Crippen LogP) is 22.0. The highest BCUT2D eigenvalue weighted by Crippen LogP contribution is 2.45. The molecule has 0 aromatic rings. The van der Waals surface area contributed by atoms with E-state index in [1.807, 2.05) is 0 Å². The second-order valence-electron chi connectivity index (χ2n) is 25.4. The van der Waals surface area contributed by atoms with Crippen LogP contribution in [0.15, 0.2) is 109 Å². The summed E-state index contributed by atoms with van der Waals surface area (Å²) in [7, 11) is -9.79. The number of phosphoric acid groups is 2. The summed E-state index contributed by atoms with van der Waals surface area (Å²) in [4.78, 5) is 58.6. The fraction of sp³-hybridized carbons (Fsp3) is 0.734. The number of unbranched alkanes of at least 4 members (excludes halogenated alkanes) is 31. The Morgan fingerprint density at radius 2 is 0.515 bits per heavy atom. The van der Waals surface area contributed by atoms with Gasteiger partial charge in [0.1, 0.15) is 25.4 Å². The van der Waals surface area contributed by atoms with Crippen LogP contribution in [0.5, 0.6) is 0 Å². The Labute approximate surface area is 590 Å². The van der Waals surface area contributed by atoms with E-state index in [2.05, 4.69) is 130 Å². The second kappa shape index (κ2) is 72.0. The van der Waals surface area contributed by atoms with E-state index in [1.165, 1.54) is 109 Å². The first kappa shape index (κ1) is 93.2. The Morgan fingerprint density at radius 1 is 0.289 bits per heavy atom. The Bertz CT molecular complexity index is 2200. The molecule has 0 fully saturated rings. The van der Waals surface area contributed by atoms with Crippen LogP contribution in [0.3, 0.4) is 0 Å². The summed E-state index contributed by atoms with van der Waals surface area (Å²) in [6, 6.07) is 0. The van der Waals surface area contributed by atoms with Crippen LogP contribution in [0, 0.1) is 0 Å². The van der Waals surface area contributed by atoms with E-state index < -0.39 is 91.5 Å². The molecule has 0 aliphatic heterocycles. The average Bonchev–Trinajstić information content (AvgIpc) is 1.86. The molecule has 560 valence electrons. The van der Waals surface area contributed by atoms with Crippen molar-refractivity contribution in [2.24, 2.45) is 0 Å². The molecule has 0 aliphatic carbocycles. The lowest BCUT2D eigenvalue weighted by Gasteiger charge is -2.21. The van der Waals surface area contributed by atoms with Crippen LogP contribution in [0.1, 0.15) is 316 Å². The van der Waals surface area contributed by atoms with Gasteiger partial charge in [-0.05, 0) is 135 Å². The normalized spacial score (nSPS) is 14.7. The Hall–Kier alpha value is -3.79. The number of allylic oxidation sites excluding steroid dienone is 18. The van der Waals surface area contributed by atoms with Crippen molar-refractivity contribution in [1.29, 1.82) is 0 Å². The largest absolute Gasteiger partial charge is 0.472 e. The maximum absolute atomic E-state index is 12.9. The van der Waals surface area contributed by atoms with Gasteiger partial charge >= 0.3 is 33.6 Å². The zero-order valence-electron chi connectivity index (χ0n) is 61.0. The number of carbonyl (C=O) groups excluding carboxylic acids is 3. The molecule has 0 saturated carbocycles. The smallest absolute Gasteiger partial charge is 0.463 e. The van der Waals surface area contributed by atoms with E-state index in [0.717, 1.165) is 148 Å². The van der Waals surface area contributed by atoms with E-state index in [0.29, 0.717) is 19.3 Å². The topological polar surface area (TPSA) is 231 Å². The van der Waals surface area contributed by atoms with Crippen LogP contribution in [0.25, 0.3) is 0 Å². The molecule has 0 aliphatic rings. The molecule has 0 spiro atoms. The second-order valence-corrected chi connectivity index (χ2v) is 28.4. The third-order valence-corrected chi connectivity index (χ3v) is 17.8. The van der Waals surface area contributed by atoms with Crippen molar-refractivity contribution in [3.63, 3.8) is 0 Å². The Kier molecular flexibility index (Phi) is 69.2. The zero-order valence-corrected chi connectivity index (χ0v) is 62.8. The van der Waals surface area contributed by atoms with Crippen LogP contribution in [0.2, 0.25) is 0 Å². The van der Waals surface area contributed by atoms with Crippen LogP contribution >= 0.6 is 15.6 Å². The number of aliphatic hydroxyl groups excluding tert-OH is 2. The van der Waals surface area contributed by atoms with Crippen molar-refractivity contribution in [2.45, 2.75) is 334 Å². The number of carbonyl (C=O) groups is 3. The first-order valence-corrected chi connectivity index (χ1v) is 41.2. The number of phosphoric ester groups is 2. The Morgan fingerprint density at radius 3 is 0.814 bits per heavy atom. The number of ether oxygens (including phenoxy) is 3. The minimum Gasteiger partial charge on any atom is -0.463 e. The summed E-state index contributed by atoms with van der Waals surface area (Å²) in [5.74, 6) is -1.60. The average molecular weight is 1410 g/mol. The van der Waals surface area contributed by atoms with Gasteiger partial charge in [-0.25, -0.2) is 9.13 Å². The molecule has 18 heteroatoms. The zero-order chi connectivity index (χ0) is 70.9. The highest BCUT2D eigenvalue weighted by atomic mass is 31.2. The lowest BCUT2D eigenvalue weighted by Crippen LogP contribution is -2.30. The first-order valence-electron chi connectivity index (χ1n) is 38.2. The van der Waals surface area contributed by atoms with Gasteiger partial charge < -0.3 is 34.2 Å². The van der Waals surface area contributed by atoms with Crippen LogP contribution in [-0.2, 0) is 55.8 Å². The lowest BCUT2D eigenvalue weighted by molar-refractivity contribution is -0.161. The molecule has 0 rings (SSSR count). The maximum Gasteiger partial charge on any atom is 0.472 e. The number of esters is 3. The minimum absolute atomic E-state index is 0.0845. The van der Waals surface area contributed by atoms with Crippen LogP contribution < -0.4 is 0 Å². The van der Waals surface area contributed by atoms with E-state index in [-0.39, 0.29) is 19.3 Å². The molecule has 0 heterocycles. The fourth-order valence-electron chi connectivity index (χ4n) is 10.1. The van der Waals surface area contributed by atoms with Gasteiger partial charge in [0, 0.05) is 19.3 Å². The molecule has 97 heavy (non-hydrogen) atoms. The van der Waals surface area contributed by atoms with Gasteiger partial charge in [0.25, 0.3) is 0 Å². The van der Waals surface area contributed by atoms with Gasteiger partial charge in [-0.1, -0.05) is 271 Å². The molecule has 5 unspecified atom stereocenters. The molecule has 0 aromatic carbocycles. The highest BCUT2D eigenvalue weighted by Gasteiger charge is 2.29. The SMILES string of the molecule is CCCCC/C=C\C/C=C\C/C=C\C/C=C\CCCCCCCCCCCCCC(=O)OCC(O)COP(=O)(O)OCC(O)COP(=O)(O)OCC(COC(=O)CCCCCCCC/C=C\C/C=C\C/C=C\CCCCC)OC(=O)CCCCCCC/C=C\C/C=C\CCCCC. The van der Waals surface area contributed by atoms with Crippen molar-refractivity contribution < 1.29 is 75.8 Å². The van der Waals surface area contributed by atoms with Crippen molar-refractivity contribution >= 4 is 33.6 Å². The quantitative estimate of drug-likeness (QED) is 0.0146. The minimum atomic E-state index is -4.94. The Balaban J connectivity index is 4.57. The molecule has 16 nitrogen and oxygen atoms in total. The molecular weight excluding hydrogens is 1270 g/mol. The van der Waals surface area contributed by atoms with E-state index in [9.17, 15) is 43.5 Å². The molecule has 0 amide bonds. The number of hydrogen-bond acceptors (Lipinski definition) is 14. The molecule has 5 atom stereocenters. The van der Waals surface area contributed by atoms with E-state index in [1.54, 1.807) is 0 Å². The van der Waals surface area contributed by atoms with E-state index >= 15 is 0 Å². The van der Waals surface area contributed by atoms with Gasteiger partial charge in [0.2, 0.25) is 0 Å². The van der Waals surface area contributed by atoms with Gasteiger partial charge in [-0.2, -0.15) is 0 Å². The van der Waals surface area contributed by atoms with Crippen molar-refractivity contribution in [3.05, 3.63) is 109 Å². The highest BCUT2D eigenvalue weighted by molar-refractivity contribution is 7.47. The molecule has 0 radical (unpaired) electrons. The standard InChI is InChI=1S/C79H138O16P2/c1-4-7-10-13-16-19-22-25-28-30-32-33-34-35-36-37-38-39-41-43-45-47-50-53-56-59-62-65-77(82)89-68-74(80)69-91-96(85,86)92-70-75(81)71-93-97(87,88)94-73-76(95-79(84)67-64-61-58-55-52-49-44-27-24-21-18-15-12-9-6-3)72-90-78(83)66-63-60-57-54-51-48-46-42-40-31-29-26-23-20-17-14-11-8-5-2/h16-21,25-29,32-33,35-36,40,42,44,74-76,80-81H,4-15,22-24,30-31,34,37-39,41,43,45-73H2,1-3H3,(H,85,86)(H,87,88)/b19-16-,20-17-,21-18-,28-25-,29-26-,33-32-,36-35-,42-40-,44-27-. The first-order chi connectivity index (χ1) is 47.2. The summed E-state index contributed by atoms with van der Waals surface area (Å²) in [6.07, 6.45) is 82.7. The lowest BCUT2D eigenvalue weighted by atomic mass is 10.0. The molecule has 0 bridgehead atoms. The molecule has 0 aromatic heterocycles. The van der Waals surface area contributed by atoms with Crippen LogP contribution in [-0.4, -0.2) is 95.9 Å². The monoisotopic (exact) mass is 1400 g/mol. The summed E-state index contributed by atoms with van der Waals surface area (Å²) in [5.41, 5.74) is 0.